The fourth-order valence-corrected chi connectivity index (χ4v) is 0.802. The average molecular weight is 131 g/mol. The lowest BCUT2D eigenvalue weighted by Crippen LogP contribution is -1.66. The molecule has 0 saturated carbocycles. The van der Waals surface area contributed by atoms with Gasteiger partial charge >= 0.3 is 0 Å². The van der Waals surface area contributed by atoms with E-state index in [1.165, 1.54) is 5.57 Å². The molecule has 1 rings (SSSR count). The molecule has 0 aromatic heterocycles. The Bertz CT molecular complexity index is 248. The van der Waals surface area contributed by atoms with Crippen molar-refractivity contribution in [2.75, 3.05) is 0 Å². The van der Waals surface area contributed by atoms with Crippen molar-refractivity contribution in [3.63, 3.8) is 0 Å². The summed E-state index contributed by atoms with van der Waals surface area (Å²) in [5.74, 6) is 0. The molecule has 0 fully saturated rings. The van der Waals surface area contributed by atoms with E-state index in [-0.39, 0.29) is 0 Å². The predicted octanol–water partition coefficient (Wildman–Crippen LogP) is 2.34. The SMILES string of the molecule is CC1=CC=C(C#N)C=CC1. The monoisotopic (exact) mass is 131 g/mol. The highest BCUT2D eigenvalue weighted by molar-refractivity contribution is 5.39. The third kappa shape index (κ3) is 1.60. The van der Waals surface area contributed by atoms with E-state index in [4.69, 9.17) is 5.26 Å². The van der Waals surface area contributed by atoms with Crippen LogP contribution in [0.4, 0.5) is 0 Å². The molecule has 0 saturated heterocycles. The molecular weight excluding hydrogens is 122 g/mol. The Morgan fingerprint density at radius 3 is 3.00 bits per heavy atom. The molecule has 1 aliphatic rings. The molecule has 0 unspecified atom stereocenters. The Morgan fingerprint density at radius 1 is 1.50 bits per heavy atom. The highest BCUT2D eigenvalue weighted by Crippen LogP contribution is 2.08. The van der Waals surface area contributed by atoms with E-state index in [1.54, 1.807) is 0 Å². The van der Waals surface area contributed by atoms with Crippen molar-refractivity contribution < 1.29 is 0 Å². The number of hydrogen-bond acceptors (Lipinski definition) is 1. The van der Waals surface area contributed by atoms with Crippen molar-refractivity contribution in [3.05, 3.63) is 35.5 Å². The van der Waals surface area contributed by atoms with Gasteiger partial charge in [0.2, 0.25) is 0 Å². The maximum absolute atomic E-state index is 8.50. The number of hydrogen-bond donors (Lipinski definition) is 0. The van der Waals surface area contributed by atoms with E-state index >= 15 is 0 Å². The highest BCUT2D eigenvalue weighted by atomic mass is 14.2. The van der Waals surface area contributed by atoms with Gasteiger partial charge in [-0.3, -0.25) is 0 Å². The predicted molar refractivity (Wildman–Crippen MR) is 41.2 cm³/mol. The number of nitrogens with zero attached hydrogens (tertiary/aromatic N) is 1. The first-order chi connectivity index (χ1) is 4.83. The van der Waals surface area contributed by atoms with Gasteiger partial charge < -0.3 is 0 Å². The molecule has 0 N–H and O–H groups in total. The standard InChI is InChI=1S/C9H9N/c1-8-3-2-4-9(7-10)6-5-8/h2,4-6H,3H2,1H3. The Hall–Kier alpha value is -1.29. The summed E-state index contributed by atoms with van der Waals surface area (Å²) in [6, 6.07) is 2.09. The molecule has 0 atom stereocenters. The molecule has 0 radical (unpaired) electrons. The minimum absolute atomic E-state index is 0.733. The summed E-state index contributed by atoms with van der Waals surface area (Å²) in [5, 5.41) is 8.50. The molecule has 50 valence electrons. The van der Waals surface area contributed by atoms with Gasteiger partial charge in [-0.15, -0.1) is 0 Å². The van der Waals surface area contributed by atoms with E-state index in [9.17, 15) is 0 Å². The van der Waals surface area contributed by atoms with Crippen LogP contribution in [0.25, 0.3) is 0 Å². The van der Waals surface area contributed by atoms with Gasteiger partial charge in [-0.2, -0.15) is 5.26 Å². The van der Waals surface area contributed by atoms with Gasteiger partial charge in [-0.25, -0.2) is 0 Å². The van der Waals surface area contributed by atoms with E-state index < -0.39 is 0 Å². The zero-order valence-corrected chi connectivity index (χ0v) is 5.96. The lowest BCUT2D eigenvalue weighted by molar-refractivity contribution is 1.22. The molecule has 0 bridgehead atoms. The van der Waals surface area contributed by atoms with Crippen molar-refractivity contribution in [3.8, 4) is 6.07 Å². The summed E-state index contributed by atoms with van der Waals surface area (Å²) >= 11 is 0. The maximum Gasteiger partial charge on any atom is 0.0991 e. The van der Waals surface area contributed by atoms with Gasteiger partial charge in [-0.1, -0.05) is 17.7 Å². The molecule has 0 spiro atoms. The van der Waals surface area contributed by atoms with Crippen LogP contribution in [-0.2, 0) is 0 Å². The molecule has 1 nitrogen and oxygen atoms in total. The Morgan fingerprint density at radius 2 is 2.30 bits per heavy atom. The normalized spacial score (nSPS) is 16.8. The molecule has 0 aliphatic heterocycles. The number of allylic oxidation sites excluding steroid dienone is 6. The molecular formula is C9H9N. The second-order valence-corrected chi connectivity index (χ2v) is 2.35. The lowest BCUT2D eigenvalue weighted by atomic mass is 10.2. The lowest BCUT2D eigenvalue weighted by Gasteiger charge is -1.86. The van der Waals surface area contributed by atoms with Gasteiger partial charge in [0.15, 0.2) is 0 Å². The van der Waals surface area contributed by atoms with E-state index in [1.807, 2.05) is 24.3 Å². The molecule has 1 heteroatoms. The first-order valence-corrected chi connectivity index (χ1v) is 3.27. The summed E-state index contributed by atoms with van der Waals surface area (Å²) in [4.78, 5) is 0. The zero-order valence-electron chi connectivity index (χ0n) is 5.96. The Labute approximate surface area is 61.0 Å². The maximum atomic E-state index is 8.50. The van der Waals surface area contributed by atoms with Crippen molar-refractivity contribution >= 4 is 0 Å². The van der Waals surface area contributed by atoms with Gasteiger partial charge in [-0.05, 0) is 25.5 Å². The Kier molecular flexibility index (Phi) is 2.07. The van der Waals surface area contributed by atoms with Crippen LogP contribution < -0.4 is 0 Å². The van der Waals surface area contributed by atoms with Gasteiger partial charge in [0, 0.05) is 0 Å². The van der Waals surface area contributed by atoms with Crippen LogP contribution in [-0.4, -0.2) is 0 Å². The van der Waals surface area contributed by atoms with Gasteiger partial charge in [0.25, 0.3) is 0 Å². The first-order valence-electron chi connectivity index (χ1n) is 3.27. The number of rotatable bonds is 0. The fourth-order valence-electron chi connectivity index (χ4n) is 0.802. The van der Waals surface area contributed by atoms with Crippen LogP contribution >= 0.6 is 0 Å². The molecule has 0 amide bonds. The minimum atomic E-state index is 0.733. The molecule has 10 heavy (non-hydrogen) atoms. The molecule has 1 aliphatic carbocycles. The van der Waals surface area contributed by atoms with Gasteiger partial charge in [0.05, 0.1) is 11.6 Å². The summed E-state index contributed by atoms with van der Waals surface area (Å²) in [7, 11) is 0. The van der Waals surface area contributed by atoms with Crippen LogP contribution in [0.15, 0.2) is 35.5 Å². The second kappa shape index (κ2) is 3.03. The first kappa shape index (κ1) is 6.82. The van der Waals surface area contributed by atoms with Gasteiger partial charge in [0.1, 0.15) is 0 Å². The minimum Gasteiger partial charge on any atom is -0.192 e. The van der Waals surface area contributed by atoms with Crippen LogP contribution in [0.2, 0.25) is 0 Å². The molecule has 0 aromatic rings. The van der Waals surface area contributed by atoms with E-state index in [0.29, 0.717) is 0 Å². The highest BCUT2D eigenvalue weighted by Gasteiger charge is 1.91. The van der Waals surface area contributed by atoms with Crippen LogP contribution in [0.5, 0.6) is 0 Å². The van der Waals surface area contributed by atoms with Crippen molar-refractivity contribution in [1.29, 1.82) is 5.26 Å². The third-order valence-electron chi connectivity index (χ3n) is 1.41. The number of nitriles is 1. The summed E-state index contributed by atoms with van der Waals surface area (Å²) < 4.78 is 0. The largest absolute Gasteiger partial charge is 0.192 e. The summed E-state index contributed by atoms with van der Waals surface area (Å²) in [5.41, 5.74) is 2.03. The topological polar surface area (TPSA) is 23.8 Å². The quantitative estimate of drug-likeness (QED) is 0.495. The average Bonchev–Trinajstić information content (AvgIpc) is 2.14. The molecule has 0 heterocycles. The fraction of sp³-hybridized carbons (Fsp3) is 0.222. The molecule has 0 aromatic carbocycles. The third-order valence-corrected chi connectivity index (χ3v) is 1.41. The summed E-state index contributed by atoms with van der Waals surface area (Å²) in [6.07, 6.45) is 8.65. The summed E-state index contributed by atoms with van der Waals surface area (Å²) in [6.45, 7) is 2.06. The van der Waals surface area contributed by atoms with Crippen molar-refractivity contribution in [2.45, 2.75) is 13.3 Å². The Balaban J connectivity index is 2.88. The second-order valence-electron chi connectivity index (χ2n) is 2.35. The van der Waals surface area contributed by atoms with Crippen LogP contribution in [0.1, 0.15) is 13.3 Å². The zero-order chi connectivity index (χ0) is 7.40. The van der Waals surface area contributed by atoms with Crippen molar-refractivity contribution in [1.82, 2.24) is 0 Å². The van der Waals surface area contributed by atoms with Crippen LogP contribution in [0.3, 0.4) is 0 Å². The van der Waals surface area contributed by atoms with Crippen molar-refractivity contribution in [2.24, 2.45) is 0 Å². The van der Waals surface area contributed by atoms with Crippen LogP contribution in [0, 0.1) is 11.3 Å². The smallest absolute Gasteiger partial charge is 0.0991 e. The van der Waals surface area contributed by atoms with E-state index in [2.05, 4.69) is 13.0 Å². The van der Waals surface area contributed by atoms with E-state index in [0.717, 1.165) is 12.0 Å².